The van der Waals surface area contributed by atoms with Crippen molar-refractivity contribution in [3.8, 4) is 17.3 Å². The van der Waals surface area contributed by atoms with Crippen LogP contribution < -0.4 is 0 Å². The van der Waals surface area contributed by atoms with Gasteiger partial charge in [0.1, 0.15) is 17.3 Å². The highest BCUT2D eigenvalue weighted by Gasteiger charge is 2.22. The first-order valence-corrected chi connectivity index (χ1v) is 13.7. The summed E-state index contributed by atoms with van der Waals surface area (Å²) in [4.78, 5) is 16.1. The molecule has 1 fully saturated rings. The van der Waals surface area contributed by atoms with Gasteiger partial charge in [-0.25, -0.2) is 9.18 Å². The number of rotatable bonds is 6. The number of halogens is 2. The number of hydrogen-bond donors (Lipinski definition) is 3. The van der Waals surface area contributed by atoms with E-state index in [1.165, 1.54) is 47.5 Å². The van der Waals surface area contributed by atoms with Crippen LogP contribution in [-0.2, 0) is 4.43 Å². The molecule has 3 aromatic carbocycles. The van der Waals surface area contributed by atoms with Crippen LogP contribution in [0.3, 0.4) is 0 Å². The van der Waals surface area contributed by atoms with Crippen LogP contribution in [0, 0.1) is 5.82 Å². The third kappa shape index (κ3) is 4.94. The van der Waals surface area contributed by atoms with Crippen molar-refractivity contribution in [2.45, 2.75) is 42.4 Å². The largest absolute Gasteiger partial charge is 0.505 e. The van der Waals surface area contributed by atoms with Crippen molar-refractivity contribution in [3.05, 3.63) is 82.7 Å². The summed E-state index contributed by atoms with van der Waals surface area (Å²) in [5.74, 6) is -1.35. The maximum Gasteiger partial charge on any atom is 0.335 e. The number of aromatic hydroxyl groups is 2. The molecule has 0 aliphatic heterocycles. The first kappa shape index (κ1) is 25.3. The molecule has 0 radical (unpaired) electrons. The smallest absolute Gasteiger partial charge is 0.335 e. The molecule has 0 unspecified atom stereocenters. The van der Waals surface area contributed by atoms with Crippen LogP contribution in [0.1, 0.15) is 65.1 Å². The van der Waals surface area contributed by atoms with Crippen LogP contribution in [0.5, 0.6) is 11.6 Å². The molecule has 37 heavy (non-hydrogen) atoms. The summed E-state index contributed by atoms with van der Waals surface area (Å²) in [6.45, 7) is 0. The van der Waals surface area contributed by atoms with Gasteiger partial charge in [0.05, 0.1) is 16.6 Å². The predicted molar refractivity (Wildman–Crippen MR) is 151 cm³/mol. The van der Waals surface area contributed by atoms with Crippen LogP contribution in [0.15, 0.2) is 59.6 Å². The fraction of sp³-hybridized carbons (Fsp3) is 0.241. The minimum Gasteiger partial charge on any atom is -0.505 e. The summed E-state index contributed by atoms with van der Waals surface area (Å²) < 4.78 is 16.5. The zero-order valence-electron chi connectivity index (χ0n) is 20.0. The van der Waals surface area contributed by atoms with Crippen LogP contribution in [0.2, 0.25) is 0 Å². The summed E-state index contributed by atoms with van der Waals surface area (Å²) >= 11 is 2.29. The van der Waals surface area contributed by atoms with E-state index < -0.39 is 11.8 Å². The second kappa shape index (κ2) is 10.5. The number of hydrogen-bond acceptors (Lipinski definition) is 4. The summed E-state index contributed by atoms with van der Waals surface area (Å²) in [6.07, 6.45) is 6.99. The van der Waals surface area contributed by atoms with E-state index in [4.69, 9.17) is 0 Å². The van der Waals surface area contributed by atoms with E-state index in [0.717, 1.165) is 41.2 Å². The maximum atomic E-state index is 14.3. The van der Waals surface area contributed by atoms with Gasteiger partial charge in [-0.3, -0.25) is 9.56 Å². The van der Waals surface area contributed by atoms with E-state index in [1.807, 2.05) is 6.07 Å². The minimum atomic E-state index is -1.09. The molecule has 0 amide bonds. The summed E-state index contributed by atoms with van der Waals surface area (Å²) in [7, 11) is 0. The summed E-state index contributed by atoms with van der Waals surface area (Å²) in [5.41, 5.74) is 3.61. The van der Waals surface area contributed by atoms with Gasteiger partial charge in [0, 0.05) is 21.7 Å². The van der Waals surface area contributed by atoms with Crippen molar-refractivity contribution in [1.82, 2.24) is 4.57 Å². The molecule has 4 aromatic rings. The molecule has 0 saturated heterocycles. The second-order valence-electron chi connectivity index (χ2n) is 9.37. The van der Waals surface area contributed by atoms with Gasteiger partial charge in [0.25, 0.3) is 0 Å². The van der Waals surface area contributed by atoms with Gasteiger partial charge in [-0.2, -0.15) is 0 Å². The fourth-order valence-corrected chi connectivity index (χ4v) is 5.62. The third-order valence-corrected chi connectivity index (χ3v) is 7.89. The number of aliphatic imine (C=N–C) groups is 1. The predicted octanol–water partition coefficient (Wildman–Crippen LogP) is 7.61. The summed E-state index contributed by atoms with van der Waals surface area (Å²) in [5, 5.41) is 32.2. The maximum absolute atomic E-state index is 14.3. The third-order valence-electron chi connectivity index (χ3n) is 7.00. The van der Waals surface area contributed by atoms with Gasteiger partial charge >= 0.3 is 5.97 Å². The van der Waals surface area contributed by atoms with Crippen molar-refractivity contribution in [1.29, 1.82) is 0 Å². The molecule has 5 rings (SSSR count). The number of phenols is 1. The molecular weight excluding hydrogens is 586 g/mol. The lowest BCUT2D eigenvalue weighted by atomic mass is 9.83. The Hall–Kier alpha value is -3.40. The normalized spacial score (nSPS) is 14.5. The Labute approximate surface area is 227 Å². The van der Waals surface area contributed by atoms with Crippen molar-refractivity contribution >= 4 is 51.4 Å². The Kier molecular flexibility index (Phi) is 7.19. The SMILES string of the molecule is O=C(O)c1cccc(-n2c(O)c(C=Nc3cc(CI)cc(C4CCCCC4)c3O)c3cc(F)ccc32)c1. The fourth-order valence-electron chi connectivity index (χ4n) is 5.18. The molecule has 8 heteroatoms. The van der Waals surface area contributed by atoms with E-state index in [0.29, 0.717) is 22.3 Å². The molecule has 1 saturated carbocycles. The molecule has 0 atom stereocenters. The number of aromatic carboxylic acids is 1. The van der Waals surface area contributed by atoms with Crippen LogP contribution in [-0.4, -0.2) is 32.1 Å². The average molecular weight is 612 g/mol. The number of benzene rings is 3. The lowest BCUT2D eigenvalue weighted by Gasteiger charge is -2.23. The van der Waals surface area contributed by atoms with Gasteiger partial charge in [0.15, 0.2) is 0 Å². The Balaban J connectivity index is 1.64. The monoisotopic (exact) mass is 612 g/mol. The standard InChI is InChI=1S/C29H26FIN2O4/c30-20-9-10-26-23(14-20)24(28(35)33(26)21-8-4-7-19(13-21)29(36)37)16-32-25-12-17(15-31)11-22(27(25)34)18-5-2-1-3-6-18/h4,7-14,16,18,34-35H,1-3,5-6,15H2,(H,36,37). The molecule has 0 bridgehead atoms. The average Bonchev–Trinajstić information content (AvgIpc) is 3.18. The van der Waals surface area contributed by atoms with Gasteiger partial charge in [0.2, 0.25) is 5.88 Å². The van der Waals surface area contributed by atoms with E-state index in [9.17, 15) is 24.5 Å². The van der Waals surface area contributed by atoms with Gasteiger partial charge in [-0.05, 0) is 72.4 Å². The Morgan fingerprint density at radius 2 is 1.86 bits per heavy atom. The molecule has 1 heterocycles. The first-order valence-electron chi connectivity index (χ1n) is 12.2. The van der Waals surface area contributed by atoms with Gasteiger partial charge in [-0.15, -0.1) is 0 Å². The lowest BCUT2D eigenvalue weighted by Crippen LogP contribution is -2.05. The van der Waals surface area contributed by atoms with Crippen LogP contribution >= 0.6 is 22.6 Å². The van der Waals surface area contributed by atoms with Crippen molar-refractivity contribution in [3.63, 3.8) is 0 Å². The molecule has 1 aromatic heterocycles. The molecule has 6 nitrogen and oxygen atoms in total. The zero-order valence-corrected chi connectivity index (χ0v) is 22.2. The highest BCUT2D eigenvalue weighted by Crippen LogP contribution is 2.43. The van der Waals surface area contributed by atoms with E-state index in [-0.39, 0.29) is 28.7 Å². The highest BCUT2D eigenvalue weighted by molar-refractivity contribution is 14.1. The van der Waals surface area contributed by atoms with Crippen LogP contribution in [0.25, 0.3) is 16.6 Å². The van der Waals surface area contributed by atoms with E-state index in [2.05, 4.69) is 33.6 Å². The number of aromatic nitrogens is 1. The van der Waals surface area contributed by atoms with E-state index in [1.54, 1.807) is 12.1 Å². The number of fused-ring (bicyclic) bond motifs is 1. The Morgan fingerprint density at radius 3 is 2.59 bits per heavy atom. The minimum absolute atomic E-state index is 0.0619. The number of carboxylic acid groups (broad SMARTS) is 1. The van der Waals surface area contributed by atoms with Gasteiger partial charge < -0.3 is 15.3 Å². The highest BCUT2D eigenvalue weighted by atomic mass is 127. The number of carboxylic acids is 1. The Bertz CT molecular complexity index is 1520. The second-order valence-corrected chi connectivity index (χ2v) is 10.1. The van der Waals surface area contributed by atoms with Crippen molar-refractivity contribution < 1.29 is 24.5 Å². The number of nitrogens with zero attached hydrogens (tertiary/aromatic N) is 2. The summed E-state index contributed by atoms with van der Waals surface area (Å²) in [6, 6.07) is 14.2. The molecule has 1 aliphatic carbocycles. The Morgan fingerprint density at radius 1 is 1.08 bits per heavy atom. The quantitative estimate of drug-likeness (QED) is 0.119. The van der Waals surface area contributed by atoms with Crippen LogP contribution in [0.4, 0.5) is 10.1 Å². The first-order chi connectivity index (χ1) is 17.9. The molecule has 0 spiro atoms. The van der Waals surface area contributed by atoms with Gasteiger partial charge in [-0.1, -0.05) is 54.0 Å². The number of phenolic OH excluding ortho intramolecular Hbond substituents is 1. The molecule has 1 aliphatic rings. The number of carbonyl (C=O) groups is 1. The zero-order chi connectivity index (χ0) is 26.1. The number of alkyl halides is 1. The molecule has 3 N–H and O–H groups in total. The van der Waals surface area contributed by atoms with Crippen molar-refractivity contribution in [2.75, 3.05) is 0 Å². The van der Waals surface area contributed by atoms with E-state index >= 15 is 0 Å². The molecular formula is C29H26FIN2O4. The molecule has 190 valence electrons. The van der Waals surface area contributed by atoms with Crippen molar-refractivity contribution in [2.24, 2.45) is 4.99 Å². The topological polar surface area (TPSA) is 95.0 Å². The lowest BCUT2D eigenvalue weighted by molar-refractivity contribution is 0.0696.